The van der Waals surface area contributed by atoms with E-state index >= 15 is 0 Å². The molecule has 1 aromatic carbocycles. The Morgan fingerprint density at radius 3 is 2.92 bits per heavy atom. The van der Waals surface area contributed by atoms with Crippen molar-refractivity contribution in [3.05, 3.63) is 33.9 Å². The van der Waals surface area contributed by atoms with Crippen LogP contribution in [-0.4, -0.2) is 6.29 Å². The lowest BCUT2D eigenvalue weighted by molar-refractivity contribution is 0.112. The van der Waals surface area contributed by atoms with Gasteiger partial charge in [-0.15, -0.1) is 11.3 Å². The normalized spacial score (nSPS) is 10.6. The molecule has 2 rings (SSSR count). The Labute approximate surface area is 82.7 Å². The first kappa shape index (κ1) is 8.66. The van der Waals surface area contributed by atoms with Crippen molar-refractivity contribution in [2.75, 3.05) is 0 Å². The Morgan fingerprint density at radius 1 is 1.46 bits per heavy atom. The van der Waals surface area contributed by atoms with Crippen molar-refractivity contribution in [1.82, 2.24) is 0 Å². The fourth-order valence-electron chi connectivity index (χ4n) is 1.17. The van der Waals surface area contributed by atoms with Crippen molar-refractivity contribution in [1.29, 1.82) is 0 Å². The highest BCUT2D eigenvalue weighted by Gasteiger charge is 2.08. The van der Waals surface area contributed by atoms with Crippen LogP contribution in [0.25, 0.3) is 10.1 Å². The number of halogens is 2. The van der Waals surface area contributed by atoms with E-state index in [4.69, 9.17) is 11.6 Å². The largest absolute Gasteiger partial charge is 0.298 e. The standard InChI is InChI=1S/C9H4ClFOS/c10-7-2-1-5(4-12)9-6(7)3-8(11)13-9/h1-4H. The van der Waals surface area contributed by atoms with Crippen LogP contribution in [0.4, 0.5) is 4.39 Å². The molecule has 0 amide bonds. The van der Waals surface area contributed by atoms with E-state index in [9.17, 15) is 9.18 Å². The van der Waals surface area contributed by atoms with Crippen LogP contribution >= 0.6 is 22.9 Å². The molecule has 0 radical (unpaired) electrons. The number of carbonyl (C=O) groups is 1. The molecule has 0 bridgehead atoms. The SMILES string of the molecule is O=Cc1ccc(Cl)c2cc(F)sc12. The van der Waals surface area contributed by atoms with Gasteiger partial charge in [0.15, 0.2) is 11.4 Å². The molecule has 0 aliphatic carbocycles. The summed E-state index contributed by atoms with van der Waals surface area (Å²) in [6, 6.07) is 4.53. The summed E-state index contributed by atoms with van der Waals surface area (Å²) in [4.78, 5) is 10.6. The van der Waals surface area contributed by atoms with Crippen molar-refractivity contribution < 1.29 is 9.18 Å². The molecule has 1 nitrogen and oxygen atoms in total. The first-order valence-corrected chi connectivity index (χ1v) is 4.74. The van der Waals surface area contributed by atoms with Crippen molar-refractivity contribution in [3.63, 3.8) is 0 Å². The van der Waals surface area contributed by atoms with Crippen molar-refractivity contribution >= 4 is 39.3 Å². The zero-order valence-electron chi connectivity index (χ0n) is 6.38. The predicted molar refractivity (Wildman–Crippen MR) is 52.2 cm³/mol. The molecule has 0 aliphatic rings. The Balaban J connectivity index is 2.91. The topological polar surface area (TPSA) is 17.1 Å². The van der Waals surface area contributed by atoms with E-state index in [-0.39, 0.29) is 5.13 Å². The molecule has 0 fully saturated rings. The highest BCUT2D eigenvalue weighted by Crippen LogP contribution is 2.32. The number of benzene rings is 1. The van der Waals surface area contributed by atoms with Crippen LogP contribution in [0.1, 0.15) is 10.4 Å². The van der Waals surface area contributed by atoms with E-state index in [1.165, 1.54) is 6.07 Å². The van der Waals surface area contributed by atoms with E-state index in [1.807, 2.05) is 0 Å². The average Bonchev–Trinajstić information content (AvgIpc) is 2.48. The summed E-state index contributed by atoms with van der Waals surface area (Å²) in [6.07, 6.45) is 0.703. The quantitative estimate of drug-likeness (QED) is 0.664. The fourth-order valence-corrected chi connectivity index (χ4v) is 2.33. The molecule has 0 saturated heterocycles. The third-order valence-corrected chi connectivity index (χ3v) is 3.06. The molecule has 1 heterocycles. The maximum atomic E-state index is 12.9. The summed E-state index contributed by atoms with van der Waals surface area (Å²) in [7, 11) is 0. The maximum Gasteiger partial charge on any atom is 0.177 e. The van der Waals surface area contributed by atoms with Crippen LogP contribution in [0, 0.1) is 5.13 Å². The molecule has 13 heavy (non-hydrogen) atoms. The Kier molecular flexibility index (Phi) is 2.06. The van der Waals surface area contributed by atoms with E-state index < -0.39 is 0 Å². The molecule has 0 unspecified atom stereocenters. The third-order valence-electron chi connectivity index (χ3n) is 1.76. The monoisotopic (exact) mass is 214 g/mol. The van der Waals surface area contributed by atoms with Gasteiger partial charge in [-0.25, -0.2) is 0 Å². The van der Waals surface area contributed by atoms with Crippen LogP contribution in [0.2, 0.25) is 5.02 Å². The number of aldehydes is 1. The lowest BCUT2D eigenvalue weighted by Crippen LogP contribution is -1.78. The van der Waals surface area contributed by atoms with E-state index in [0.29, 0.717) is 27.0 Å². The fraction of sp³-hybridized carbons (Fsp3) is 0. The second-order valence-corrected chi connectivity index (χ2v) is 3.96. The summed E-state index contributed by atoms with van der Waals surface area (Å²) in [6.45, 7) is 0. The summed E-state index contributed by atoms with van der Waals surface area (Å²) in [5, 5.41) is 0.751. The van der Waals surface area contributed by atoms with Gasteiger partial charge in [-0.05, 0) is 18.2 Å². The molecule has 4 heteroatoms. The number of fused-ring (bicyclic) bond motifs is 1. The molecule has 0 spiro atoms. The van der Waals surface area contributed by atoms with Gasteiger partial charge >= 0.3 is 0 Å². The van der Waals surface area contributed by atoms with E-state index in [0.717, 1.165) is 11.3 Å². The number of thiophene rings is 1. The molecular formula is C9H4ClFOS. The minimum absolute atomic E-state index is 0.328. The molecule has 0 saturated carbocycles. The average molecular weight is 215 g/mol. The van der Waals surface area contributed by atoms with Gasteiger partial charge < -0.3 is 0 Å². The molecule has 2 aromatic rings. The molecule has 0 N–H and O–H groups in total. The first-order chi connectivity index (χ1) is 6.22. The molecule has 1 aromatic heterocycles. The van der Waals surface area contributed by atoms with Crippen LogP contribution in [0.5, 0.6) is 0 Å². The highest BCUT2D eigenvalue weighted by atomic mass is 35.5. The third kappa shape index (κ3) is 1.34. The highest BCUT2D eigenvalue weighted by molar-refractivity contribution is 7.18. The minimum atomic E-state index is -0.328. The zero-order chi connectivity index (χ0) is 9.42. The summed E-state index contributed by atoms with van der Waals surface area (Å²) in [5.41, 5.74) is 0.480. The van der Waals surface area contributed by atoms with Gasteiger partial charge in [0.25, 0.3) is 0 Å². The van der Waals surface area contributed by atoms with Gasteiger partial charge in [0.05, 0.1) is 0 Å². The lowest BCUT2D eigenvalue weighted by atomic mass is 10.2. The Hall–Kier alpha value is -0.930. The summed E-state index contributed by atoms with van der Waals surface area (Å²) in [5.74, 6) is 0. The number of hydrogen-bond donors (Lipinski definition) is 0. The number of hydrogen-bond acceptors (Lipinski definition) is 2. The van der Waals surface area contributed by atoms with Crippen molar-refractivity contribution in [2.45, 2.75) is 0 Å². The van der Waals surface area contributed by atoms with Crippen LogP contribution in [0.15, 0.2) is 18.2 Å². The van der Waals surface area contributed by atoms with Crippen LogP contribution < -0.4 is 0 Å². The van der Waals surface area contributed by atoms with Gasteiger partial charge in [0.1, 0.15) is 0 Å². The molecule has 66 valence electrons. The number of carbonyl (C=O) groups excluding carboxylic acids is 1. The van der Waals surface area contributed by atoms with Gasteiger partial charge in [-0.1, -0.05) is 11.6 Å². The van der Waals surface area contributed by atoms with Gasteiger partial charge in [-0.3, -0.25) is 4.79 Å². The number of rotatable bonds is 1. The lowest BCUT2D eigenvalue weighted by Gasteiger charge is -1.94. The van der Waals surface area contributed by atoms with Crippen LogP contribution in [0.3, 0.4) is 0 Å². The Bertz CT molecular complexity index is 478. The predicted octanol–water partition coefficient (Wildman–Crippen LogP) is 3.51. The van der Waals surface area contributed by atoms with Crippen LogP contribution in [-0.2, 0) is 0 Å². The summed E-state index contributed by atoms with van der Waals surface area (Å²) >= 11 is 6.76. The van der Waals surface area contributed by atoms with Gasteiger partial charge in [0.2, 0.25) is 0 Å². The van der Waals surface area contributed by atoms with Crippen molar-refractivity contribution in [2.24, 2.45) is 0 Å². The second-order valence-electron chi connectivity index (χ2n) is 2.55. The van der Waals surface area contributed by atoms with E-state index in [2.05, 4.69) is 0 Å². The van der Waals surface area contributed by atoms with E-state index in [1.54, 1.807) is 12.1 Å². The second kappa shape index (κ2) is 3.09. The molecule has 0 aliphatic heterocycles. The minimum Gasteiger partial charge on any atom is -0.298 e. The van der Waals surface area contributed by atoms with Gasteiger partial charge in [-0.2, -0.15) is 4.39 Å². The first-order valence-electron chi connectivity index (χ1n) is 3.55. The summed E-state index contributed by atoms with van der Waals surface area (Å²) < 4.78 is 13.5. The maximum absolute atomic E-state index is 12.9. The van der Waals surface area contributed by atoms with Gasteiger partial charge in [0, 0.05) is 20.7 Å². The smallest absolute Gasteiger partial charge is 0.177 e. The Morgan fingerprint density at radius 2 is 2.23 bits per heavy atom. The van der Waals surface area contributed by atoms with Crippen molar-refractivity contribution in [3.8, 4) is 0 Å². The molecule has 0 atom stereocenters. The zero-order valence-corrected chi connectivity index (χ0v) is 7.95. The molecular weight excluding hydrogens is 211 g/mol.